The Bertz CT molecular complexity index is 534. The molecule has 5 heteroatoms. The van der Waals surface area contributed by atoms with Gasteiger partial charge in [0.05, 0.1) is 0 Å². The molecule has 2 rings (SSSR count). The number of hydrogen-bond acceptors (Lipinski definition) is 3. The quantitative estimate of drug-likeness (QED) is 0.845. The van der Waals surface area contributed by atoms with Crippen LogP contribution in [0.1, 0.15) is 18.1 Å². The average Bonchev–Trinajstić information content (AvgIpc) is 2.48. The number of carbonyl (C=O) groups excluding carboxylic acids is 2. The fraction of sp³-hybridized carbons (Fsp3) is 0.500. The summed E-state index contributed by atoms with van der Waals surface area (Å²) in [6, 6.07) is 5.81. The predicted molar refractivity (Wildman–Crippen MR) is 80.2 cm³/mol. The van der Waals surface area contributed by atoms with Gasteiger partial charge in [-0.3, -0.25) is 9.59 Å². The van der Waals surface area contributed by atoms with Crippen molar-refractivity contribution >= 4 is 11.8 Å². The third kappa shape index (κ3) is 3.97. The van der Waals surface area contributed by atoms with Gasteiger partial charge >= 0.3 is 0 Å². The summed E-state index contributed by atoms with van der Waals surface area (Å²) in [5.74, 6) is 0.749. The summed E-state index contributed by atoms with van der Waals surface area (Å²) in [5.41, 5.74) is 2.35. The first-order valence-corrected chi connectivity index (χ1v) is 7.20. The van der Waals surface area contributed by atoms with Crippen molar-refractivity contribution < 1.29 is 14.3 Å². The summed E-state index contributed by atoms with van der Waals surface area (Å²) in [6.07, 6.45) is 0. The zero-order chi connectivity index (χ0) is 15.4. The molecule has 1 aromatic rings. The Morgan fingerprint density at radius 3 is 2.24 bits per heavy atom. The van der Waals surface area contributed by atoms with Gasteiger partial charge in [0.15, 0.2) is 6.61 Å². The molecule has 5 nitrogen and oxygen atoms in total. The van der Waals surface area contributed by atoms with Gasteiger partial charge in [0.25, 0.3) is 5.91 Å². The van der Waals surface area contributed by atoms with Crippen LogP contribution >= 0.6 is 0 Å². The number of piperazine rings is 1. The molecule has 1 aliphatic heterocycles. The topological polar surface area (TPSA) is 49.9 Å². The number of aryl methyl sites for hydroxylation is 2. The van der Waals surface area contributed by atoms with Gasteiger partial charge in [-0.2, -0.15) is 0 Å². The van der Waals surface area contributed by atoms with Crippen LogP contribution in [0.15, 0.2) is 18.2 Å². The maximum absolute atomic E-state index is 12.1. The Balaban J connectivity index is 1.82. The zero-order valence-corrected chi connectivity index (χ0v) is 12.9. The number of carbonyl (C=O) groups is 2. The molecule has 0 unspecified atom stereocenters. The highest BCUT2D eigenvalue weighted by Gasteiger charge is 2.22. The molecule has 1 aromatic carbocycles. The summed E-state index contributed by atoms with van der Waals surface area (Å²) in [4.78, 5) is 26.8. The van der Waals surface area contributed by atoms with E-state index in [1.165, 1.54) is 5.56 Å². The van der Waals surface area contributed by atoms with Gasteiger partial charge in [-0.25, -0.2) is 0 Å². The molecule has 1 aliphatic rings. The van der Waals surface area contributed by atoms with Crippen molar-refractivity contribution in [3.63, 3.8) is 0 Å². The SMILES string of the molecule is CC(=O)N1CCN(C(=O)COc2ccc(C)c(C)c2)CC1. The van der Waals surface area contributed by atoms with Crippen LogP contribution in [0.25, 0.3) is 0 Å². The molecule has 0 bridgehead atoms. The molecule has 1 saturated heterocycles. The molecule has 1 heterocycles. The van der Waals surface area contributed by atoms with Crippen LogP contribution in [-0.2, 0) is 9.59 Å². The van der Waals surface area contributed by atoms with E-state index in [-0.39, 0.29) is 18.4 Å². The van der Waals surface area contributed by atoms with Crippen molar-refractivity contribution in [1.82, 2.24) is 9.80 Å². The van der Waals surface area contributed by atoms with E-state index in [1.807, 2.05) is 32.0 Å². The van der Waals surface area contributed by atoms with Crippen molar-refractivity contribution in [3.05, 3.63) is 29.3 Å². The second-order valence-corrected chi connectivity index (χ2v) is 5.42. The highest BCUT2D eigenvalue weighted by molar-refractivity contribution is 5.78. The minimum atomic E-state index is -0.0311. The van der Waals surface area contributed by atoms with Gasteiger partial charge in [-0.15, -0.1) is 0 Å². The van der Waals surface area contributed by atoms with E-state index in [9.17, 15) is 9.59 Å². The highest BCUT2D eigenvalue weighted by Crippen LogP contribution is 2.16. The Labute approximate surface area is 125 Å². The molecule has 0 aromatic heterocycles. The second kappa shape index (κ2) is 6.61. The van der Waals surface area contributed by atoms with E-state index in [1.54, 1.807) is 16.7 Å². The molecular weight excluding hydrogens is 268 g/mol. The molecule has 0 N–H and O–H groups in total. The summed E-state index contributed by atoms with van der Waals surface area (Å²) >= 11 is 0. The lowest BCUT2D eigenvalue weighted by Crippen LogP contribution is -2.51. The lowest BCUT2D eigenvalue weighted by atomic mass is 10.1. The second-order valence-electron chi connectivity index (χ2n) is 5.42. The molecule has 0 spiro atoms. The minimum Gasteiger partial charge on any atom is -0.484 e. The molecule has 0 aliphatic carbocycles. The third-order valence-corrected chi connectivity index (χ3v) is 3.92. The van der Waals surface area contributed by atoms with Gasteiger partial charge in [0.2, 0.25) is 5.91 Å². The van der Waals surface area contributed by atoms with Gasteiger partial charge < -0.3 is 14.5 Å². The van der Waals surface area contributed by atoms with Crippen LogP contribution in [0.5, 0.6) is 5.75 Å². The van der Waals surface area contributed by atoms with Gasteiger partial charge in [0.1, 0.15) is 5.75 Å². The van der Waals surface area contributed by atoms with E-state index < -0.39 is 0 Å². The normalized spacial score (nSPS) is 15.0. The Kier molecular flexibility index (Phi) is 4.83. The van der Waals surface area contributed by atoms with Crippen LogP contribution in [-0.4, -0.2) is 54.4 Å². The molecule has 114 valence electrons. The Morgan fingerprint density at radius 2 is 1.67 bits per heavy atom. The van der Waals surface area contributed by atoms with Crippen molar-refractivity contribution in [2.45, 2.75) is 20.8 Å². The van der Waals surface area contributed by atoms with Gasteiger partial charge in [0, 0.05) is 33.1 Å². The molecule has 1 fully saturated rings. The van der Waals surface area contributed by atoms with Crippen molar-refractivity contribution in [2.75, 3.05) is 32.8 Å². The van der Waals surface area contributed by atoms with Crippen molar-refractivity contribution in [2.24, 2.45) is 0 Å². The molecular formula is C16H22N2O3. The summed E-state index contributed by atoms with van der Waals surface area (Å²) in [5, 5.41) is 0. The van der Waals surface area contributed by atoms with Crippen LogP contribution < -0.4 is 4.74 Å². The monoisotopic (exact) mass is 290 g/mol. The third-order valence-electron chi connectivity index (χ3n) is 3.92. The number of nitrogens with zero attached hydrogens (tertiary/aromatic N) is 2. The smallest absolute Gasteiger partial charge is 0.260 e. The van der Waals surface area contributed by atoms with E-state index in [4.69, 9.17) is 4.74 Å². The average molecular weight is 290 g/mol. The lowest BCUT2D eigenvalue weighted by molar-refractivity contribution is -0.139. The first-order valence-electron chi connectivity index (χ1n) is 7.20. The molecule has 0 atom stereocenters. The Morgan fingerprint density at radius 1 is 1.05 bits per heavy atom. The molecule has 0 radical (unpaired) electrons. The maximum atomic E-state index is 12.1. The van der Waals surface area contributed by atoms with Crippen LogP contribution in [0.3, 0.4) is 0 Å². The zero-order valence-electron chi connectivity index (χ0n) is 12.9. The summed E-state index contributed by atoms with van der Waals surface area (Å²) in [6.45, 7) is 8.02. The van der Waals surface area contributed by atoms with Crippen LogP contribution in [0, 0.1) is 13.8 Å². The van der Waals surface area contributed by atoms with Gasteiger partial charge in [-0.1, -0.05) is 6.07 Å². The van der Waals surface area contributed by atoms with E-state index in [2.05, 4.69) is 0 Å². The van der Waals surface area contributed by atoms with Crippen molar-refractivity contribution in [3.8, 4) is 5.75 Å². The number of benzene rings is 1. The highest BCUT2D eigenvalue weighted by atomic mass is 16.5. The summed E-state index contributed by atoms with van der Waals surface area (Å²) in [7, 11) is 0. The minimum absolute atomic E-state index is 0.0311. The number of amides is 2. The summed E-state index contributed by atoms with van der Waals surface area (Å²) < 4.78 is 5.56. The first-order chi connectivity index (χ1) is 9.97. The molecule has 21 heavy (non-hydrogen) atoms. The first kappa shape index (κ1) is 15.4. The Hall–Kier alpha value is -2.04. The largest absolute Gasteiger partial charge is 0.484 e. The fourth-order valence-electron chi connectivity index (χ4n) is 2.31. The maximum Gasteiger partial charge on any atom is 0.260 e. The number of rotatable bonds is 3. The van der Waals surface area contributed by atoms with Gasteiger partial charge in [-0.05, 0) is 37.1 Å². The number of ether oxygens (including phenoxy) is 1. The van der Waals surface area contributed by atoms with Crippen LogP contribution in [0.4, 0.5) is 0 Å². The molecule has 2 amide bonds. The lowest BCUT2D eigenvalue weighted by Gasteiger charge is -2.34. The fourth-order valence-corrected chi connectivity index (χ4v) is 2.31. The standard InChI is InChI=1S/C16H22N2O3/c1-12-4-5-15(10-13(12)2)21-11-16(20)18-8-6-17(7-9-18)14(3)19/h4-5,10H,6-9,11H2,1-3H3. The van der Waals surface area contributed by atoms with E-state index in [0.29, 0.717) is 31.9 Å². The van der Waals surface area contributed by atoms with Crippen molar-refractivity contribution in [1.29, 1.82) is 0 Å². The van der Waals surface area contributed by atoms with E-state index in [0.717, 1.165) is 5.56 Å². The molecule has 0 saturated carbocycles. The van der Waals surface area contributed by atoms with E-state index >= 15 is 0 Å². The number of hydrogen-bond donors (Lipinski definition) is 0. The predicted octanol–water partition coefficient (Wildman–Crippen LogP) is 1.37. The van der Waals surface area contributed by atoms with Crippen LogP contribution in [0.2, 0.25) is 0 Å².